The summed E-state index contributed by atoms with van der Waals surface area (Å²) in [5.41, 5.74) is 3.72. The highest BCUT2D eigenvalue weighted by molar-refractivity contribution is 5.76. The highest BCUT2D eigenvalue weighted by Gasteiger charge is 2.25. The number of carbonyl (C=O) groups excluding carboxylic acids is 1. The number of likely N-dealkylation sites (tertiary alicyclic amines) is 1. The van der Waals surface area contributed by atoms with Crippen LogP contribution < -0.4 is 0 Å². The second kappa shape index (κ2) is 9.66. The number of hydrogen-bond acceptors (Lipinski definition) is 2. The minimum absolute atomic E-state index is 0.197. The van der Waals surface area contributed by atoms with Gasteiger partial charge >= 0.3 is 0 Å². The van der Waals surface area contributed by atoms with Gasteiger partial charge in [-0.1, -0.05) is 54.6 Å². The van der Waals surface area contributed by atoms with Crippen LogP contribution in [0.2, 0.25) is 0 Å². The number of carbonyl (C=O) groups is 1. The predicted molar refractivity (Wildman–Crippen MR) is 117 cm³/mol. The summed E-state index contributed by atoms with van der Waals surface area (Å²) >= 11 is 0. The molecule has 1 aliphatic rings. The SMILES string of the molecule is O=C(CCc1ccccc1)N1CCC[C@@H](c2cccc(Cc3ccccc3F)n2)C1. The molecule has 154 valence electrons. The van der Waals surface area contributed by atoms with Crippen molar-refractivity contribution in [1.29, 1.82) is 0 Å². The van der Waals surface area contributed by atoms with E-state index in [1.165, 1.54) is 11.6 Å². The van der Waals surface area contributed by atoms with Gasteiger partial charge in [0.1, 0.15) is 5.82 Å². The molecule has 1 saturated heterocycles. The van der Waals surface area contributed by atoms with Crippen molar-refractivity contribution in [3.63, 3.8) is 0 Å². The zero-order valence-electron chi connectivity index (χ0n) is 17.1. The Bertz CT molecular complexity index is 989. The van der Waals surface area contributed by atoms with Crippen LogP contribution >= 0.6 is 0 Å². The summed E-state index contributed by atoms with van der Waals surface area (Å²) in [4.78, 5) is 19.6. The molecule has 0 N–H and O–H groups in total. The van der Waals surface area contributed by atoms with Gasteiger partial charge in [-0.25, -0.2) is 4.39 Å². The average molecular weight is 403 g/mol. The number of aromatic nitrogens is 1. The van der Waals surface area contributed by atoms with Gasteiger partial charge in [-0.2, -0.15) is 0 Å². The molecule has 0 unspecified atom stereocenters. The maximum atomic E-state index is 14.0. The fraction of sp³-hybridized carbons (Fsp3) is 0.308. The minimum Gasteiger partial charge on any atom is -0.342 e. The first kappa shape index (κ1) is 20.3. The standard InChI is InChI=1S/C26H27FN2O/c27-24-13-5-4-10-21(24)18-23-12-6-14-25(28-23)22-11-7-17-29(19-22)26(30)16-15-20-8-2-1-3-9-20/h1-6,8-10,12-14,22H,7,11,15-19H2/t22-/m1/s1. The highest BCUT2D eigenvalue weighted by Crippen LogP contribution is 2.27. The third-order valence-corrected chi connectivity index (χ3v) is 5.82. The van der Waals surface area contributed by atoms with Gasteiger partial charge in [-0.15, -0.1) is 0 Å². The van der Waals surface area contributed by atoms with E-state index >= 15 is 0 Å². The third kappa shape index (κ3) is 5.12. The first-order chi connectivity index (χ1) is 14.7. The van der Waals surface area contributed by atoms with Crippen molar-refractivity contribution < 1.29 is 9.18 Å². The van der Waals surface area contributed by atoms with Gasteiger partial charge in [0.2, 0.25) is 5.91 Å². The summed E-state index contributed by atoms with van der Waals surface area (Å²) in [6.45, 7) is 1.53. The van der Waals surface area contributed by atoms with E-state index in [1.807, 2.05) is 47.4 Å². The number of rotatable bonds is 6. The van der Waals surface area contributed by atoms with Crippen LogP contribution in [0.5, 0.6) is 0 Å². The van der Waals surface area contributed by atoms with Gasteiger partial charge in [-0.05, 0) is 48.6 Å². The number of aryl methyl sites for hydroxylation is 1. The molecule has 4 rings (SSSR count). The lowest BCUT2D eigenvalue weighted by Gasteiger charge is -2.32. The highest BCUT2D eigenvalue weighted by atomic mass is 19.1. The Morgan fingerprint density at radius 3 is 2.63 bits per heavy atom. The van der Waals surface area contributed by atoms with Crippen molar-refractivity contribution in [2.45, 2.75) is 38.0 Å². The monoisotopic (exact) mass is 402 g/mol. The summed E-state index contributed by atoms with van der Waals surface area (Å²) in [5, 5.41) is 0. The molecule has 1 atom stereocenters. The van der Waals surface area contributed by atoms with Gasteiger partial charge in [0, 0.05) is 43.2 Å². The van der Waals surface area contributed by atoms with E-state index in [1.54, 1.807) is 12.1 Å². The fourth-order valence-corrected chi connectivity index (χ4v) is 4.16. The Balaban J connectivity index is 1.39. The van der Waals surface area contributed by atoms with Crippen molar-refractivity contribution in [2.24, 2.45) is 0 Å². The lowest BCUT2D eigenvalue weighted by molar-refractivity contribution is -0.132. The second-order valence-electron chi connectivity index (χ2n) is 7.99. The van der Waals surface area contributed by atoms with Crippen molar-refractivity contribution in [3.05, 3.63) is 101 Å². The molecule has 30 heavy (non-hydrogen) atoms. The Morgan fingerprint density at radius 2 is 1.80 bits per heavy atom. The normalized spacial score (nSPS) is 16.4. The molecule has 3 nitrogen and oxygen atoms in total. The minimum atomic E-state index is -0.197. The van der Waals surface area contributed by atoms with Gasteiger partial charge in [0.25, 0.3) is 0 Å². The number of piperidine rings is 1. The maximum Gasteiger partial charge on any atom is 0.222 e. The zero-order valence-corrected chi connectivity index (χ0v) is 17.1. The van der Waals surface area contributed by atoms with Crippen molar-refractivity contribution in [3.8, 4) is 0 Å². The van der Waals surface area contributed by atoms with Crippen LogP contribution in [0.3, 0.4) is 0 Å². The summed E-state index contributed by atoms with van der Waals surface area (Å²) in [6, 6.07) is 23.0. The zero-order chi connectivity index (χ0) is 20.8. The van der Waals surface area contributed by atoms with Crippen molar-refractivity contribution in [1.82, 2.24) is 9.88 Å². The van der Waals surface area contributed by atoms with E-state index in [0.717, 1.165) is 37.2 Å². The molecule has 0 bridgehead atoms. The van der Waals surface area contributed by atoms with Gasteiger partial charge in [0.15, 0.2) is 0 Å². The molecule has 1 amide bonds. The molecule has 1 aliphatic heterocycles. The average Bonchev–Trinajstić information content (AvgIpc) is 2.80. The van der Waals surface area contributed by atoms with Crippen LogP contribution in [-0.2, 0) is 17.6 Å². The van der Waals surface area contributed by atoms with Gasteiger partial charge < -0.3 is 4.90 Å². The number of nitrogens with zero attached hydrogens (tertiary/aromatic N) is 2. The molecule has 2 heterocycles. The number of pyridine rings is 1. The van der Waals surface area contributed by atoms with E-state index in [-0.39, 0.29) is 17.6 Å². The van der Waals surface area contributed by atoms with Crippen molar-refractivity contribution >= 4 is 5.91 Å². The van der Waals surface area contributed by atoms with Crippen LogP contribution in [0.25, 0.3) is 0 Å². The van der Waals surface area contributed by atoms with E-state index in [9.17, 15) is 9.18 Å². The first-order valence-corrected chi connectivity index (χ1v) is 10.7. The van der Waals surface area contributed by atoms with Crippen LogP contribution in [0, 0.1) is 5.82 Å². The summed E-state index contributed by atoms with van der Waals surface area (Å²) in [7, 11) is 0. The maximum absolute atomic E-state index is 14.0. The number of amides is 1. The third-order valence-electron chi connectivity index (χ3n) is 5.82. The van der Waals surface area contributed by atoms with E-state index in [4.69, 9.17) is 4.98 Å². The van der Waals surface area contributed by atoms with Gasteiger partial charge in [0.05, 0.1) is 0 Å². The van der Waals surface area contributed by atoms with Crippen molar-refractivity contribution in [2.75, 3.05) is 13.1 Å². The number of hydrogen-bond donors (Lipinski definition) is 0. The molecule has 0 spiro atoms. The Hall–Kier alpha value is -3.01. The molecule has 1 fully saturated rings. The van der Waals surface area contributed by atoms with Crippen LogP contribution in [0.4, 0.5) is 4.39 Å². The Kier molecular flexibility index (Phi) is 6.53. The van der Waals surface area contributed by atoms with E-state index < -0.39 is 0 Å². The molecule has 1 aromatic heterocycles. The predicted octanol–water partition coefficient (Wildman–Crippen LogP) is 5.15. The van der Waals surface area contributed by atoms with Crippen LogP contribution in [-0.4, -0.2) is 28.9 Å². The summed E-state index contributed by atoms with van der Waals surface area (Å²) in [5.74, 6) is 0.253. The number of benzene rings is 2. The van der Waals surface area contributed by atoms with E-state index in [2.05, 4.69) is 12.1 Å². The largest absolute Gasteiger partial charge is 0.342 e. The molecular formula is C26H27FN2O. The van der Waals surface area contributed by atoms with Gasteiger partial charge in [-0.3, -0.25) is 9.78 Å². The molecule has 0 aliphatic carbocycles. The summed E-state index contributed by atoms with van der Waals surface area (Å²) in [6.07, 6.45) is 3.81. The molecule has 4 heteroatoms. The fourth-order valence-electron chi connectivity index (χ4n) is 4.16. The first-order valence-electron chi connectivity index (χ1n) is 10.7. The topological polar surface area (TPSA) is 33.2 Å². The molecule has 2 aromatic carbocycles. The van der Waals surface area contributed by atoms with E-state index in [0.29, 0.717) is 24.9 Å². The second-order valence-corrected chi connectivity index (χ2v) is 7.99. The molecule has 3 aromatic rings. The molecular weight excluding hydrogens is 375 g/mol. The number of halogens is 1. The van der Waals surface area contributed by atoms with Crippen LogP contribution in [0.1, 0.15) is 47.7 Å². The smallest absolute Gasteiger partial charge is 0.222 e. The van der Waals surface area contributed by atoms with Crippen LogP contribution in [0.15, 0.2) is 72.8 Å². The summed E-state index contributed by atoms with van der Waals surface area (Å²) < 4.78 is 14.0. The quantitative estimate of drug-likeness (QED) is 0.571. The Labute approximate surface area is 177 Å². The molecule has 0 saturated carbocycles. The lowest BCUT2D eigenvalue weighted by atomic mass is 9.93. The molecule has 0 radical (unpaired) electrons. The Morgan fingerprint density at radius 1 is 1.00 bits per heavy atom. The lowest BCUT2D eigenvalue weighted by Crippen LogP contribution is -2.39.